The highest BCUT2D eigenvalue weighted by Crippen LogP contribution is 2.33. The molecule has 4 rings (SSSR count). The number of esters is 1. The van der Waals surface area contributed by atoms with E-state index < -0.39 is 16.0 Å². The summed E-state index contributed by atoms with van der Waals surface area (Å²) in [7, 11) is -2.48. The van der Waals surface area contributed by atoms with Gasteiger partial charge >= 0.3 is 5.97 Å². The molecule has 0 atom stereocenters. The van der Waals surface area contributed by atoms with Crippen LogP contribution in [0.3, 0.4) is 0 Å². The Labute approximate surface area is 217 Å². The van der Waals surface area contributed by atoms with E-state index in [1.165, 1.54) is 30.2 Å². The minimum atomic E-state index is -3.74. The largest absolute Gasteiger partial charge is 0.465 e. The normalized spacial score (nSPS) is 15.1. The number of benzene rings is 2. The van der Waals surface area contributed by atoms with Gasteiger partial charge in [-0.25, -0.2) is 17.9 Å². The Balaban J connectivity index is 1.55. The number of carbonyl (C=O) groups excluding carboxylic acids is 2. The molecule has 0 fully saturated rings. The van der Waals surface area contributed by atoms with Crippen LogP contribution in [0.4, 0.5) is 0 Å². The second-order valence-electron chi connectivity index (χ2n) is 7.97. The lowest BCUT2D eigenvalue weighted by Crippen LogP contribution is -2.24. The zero-order chi connectivity index (χ0) is 25.9. The third-order valence-electron chi connectivity index (χ3n) is 5.61. The van der Waals surface area contributed by atoms with Crippen LogP contribution in [0.15, 0.2) is 97.4 Å². The van der Waals surface area contributed by atoms with Gasteiger partial charge in [0.1, 0.15) is 11.5 Å². The molecule has 0 spiro atoms. The van der Waals surface area contributed by atoms with Crippen LogP contribution in [0, 0.1) is 0 Å². The summed E-state index contributed by atoms with van der Waals surface area (Å²) in [4.78, 5) is 27.4. The standard InChI is InChI=1S/C26H23BrN2O6S/c1-17-24(26(31)34-2)23(25(30)29(17)16-18-6-4-3-5-7-18)14-20-10-11-21(35-20)15-28-36(32,33)22-12-8-19(27)9-13-22/h3-14,28H,15-16H2,1-2H3/b23-14-. The molecule has 1 aliphatic heterocycles. The number of rotatable bonds is 8. The molecule has 1 amide bonds. The first-order chi connectivity index (χ1) is 17.2. The Kier molecular flexibility index (Phi) is 7.58. The van der Waals surface area contributed by atoms with E-state index in [0.717, 1.165) is 10.0 Å². The zero-order valence-electron chi connectivity index (χ0n) is 19.5. The van der Waals surface area contributed by atoms with Crippen LogP contribution in [-0.4, -0.2) is 32.3 Å². The molecule has 186 valence electrons. The van der Waals surface area contributed by atoms with Gasteiger partial charge < -0.3 is 14.1 Å². The topological polar surface area (TPSA) is 106 Å². The molecule has 0 saturated carbocycles. The van der Waals surface area contributed by atoms with Gasteiger partial charge in [0.2, 0.25) is 10.0 Å². The van der Waals surface area contributed by atoms with Crippen molar-refractivity contribution in [2.24, 2.45) is 0 Å². The van der Waals surface area contributed by atoms with E-state index in [1.807, 2.05) is 30.3 Å². The van der Waals surface area contributed by atoms with Crippen LogP contribution in [0.5, 0.6) is 0 Å². The Morgan fingerprint density at radius 3 is 2.44 bits per heavy atom. The van der Waals surface area contributed by atoms with Crippen molar-refractivity contribution in [2.75, 3.05) is 7.11 Å². The molecule has 1 aromatic heterocycles. The highest BCUT2D eigenvalue weighted by Gasteiger charge is 2.37. The first-order valence-electron chi connectivity index (χ1n) is 10.9. The molecule has 0 bridgehead atoms. The fourth-order valence-electron chi connectivity index (χ4n) is 3.76. The van der Waals surface area contributed by atoms with Gasteiger partial charge in [-0.2, -0.15) is 0 Å². The zero-order valence-corrected chi connectivity index (χ0v) is 21.9. The van der Waals surface area contributed by atoms with Gasteiger partial charge in [0.05, 0.1) is 36.2 Å². The fourth-order valence-corrected chi connectivity index (χ4v) is 5.01. The van der Waals surface area contributed by atoms with Crippen molar-refractivity contribution in [1.29, 1.82) is 0 Å². The number of amides is 1. The molecule has 0 unspecified atom stereocenters. The van der Waals surface area contributed by atoms with Gasteiger partial charge in [-0.1, -0.05) is 46.3 Å². The molecular weight excluding hydrogens is 548 g/mol. The molecule has 10 heteroatoms. The summed E-state index contributed by atoms with van der Waals surface area (Å²) in [5, 5.41) is 0. The van der Waals surface area contributed by atoms with Crippen molar-refractivity contribution in [2.45, 2.75) is 24.9 Å². The monoisotopic (exact) mass is 570 g/mol. The van der Waals surface area contributed by atoms with Crippen molar-refractivity contribution in [3.05, 3.63) is 105 Å². The Bertz CT molecular complexity index is 1460. The summed E-state index contributed by atoms with van der Waals surface area (Å²) < 4.78 is 39.0. The number of carbonyl (C=O) groups is 2. The van der Waals surface area contributed by atoms with E-state index in [4.69, 9.17) is 9.15 Å². The van der Waals surface area contributed by atoms with E-state index in [1.54, 1.807) is 31.2 Å². The number of furan rings is 1. The number of allylic oxidation sites excluding steroid dienone is 1. The lowest BCUT2D eigenvalue weighted by Gasteiger charge is -2.17. The van der Waals surface area contributed by atoms with E-state index in [-0.39, 0.29) is 28.5 Å². The second kappa shape index (κ2) is 10.7. The molecule has 36 heavy (non-hydrogen) atoms. The minimum absolute atomic E-state index is 0.0889. The lowest BCUT2D eigenvalue weighted by atomic mass is 10.1. The van der Waals surface area contributed by atoms with Crippen molar-refractivity contribution in [3.8, 4) is 0 Å². The van der Waals surface area contributed by atoms with Gasteiger partial charge in [0, 0.05) is 10.2 Å². The predicted octanol–water partition coefficient (Wildman–Crippen LogP) is 4.39. The number of nitrogens with zero attached hydrogens (tertiary/aromatic N) is 1. The molecular formula is C26H23BrN2O6S. The van der Waals surface area contributed by atoms with E-state index >= 15 is 0 Å². The van der Waals surface area contributed by atoms with Crippen molar-refractivity contribution < 1.29 is 27.2 Å². The maximum absolute atomic E-state index is 13.3. The average molecular weight is 571 g/mol. The highest BCUT2D eigenvalue weighted by atomic mass is 79.9. The number of hydrogen-bond acceptors (Lipinski definition) is 6. The van der Waals surface area contributed by atoms with Gasteiger partial charge in [0.25, 0.3) is 5.91 Å². The lowest BCUT2D eigenvalue weighted by molar-refractivity contribution is -0.136. The molecule has 8 nitrogen and oxygen atoms in total. The summed E-state index contributed by atoms with van der Waals surface area (Å²) in [6, 6.07) is 18.9. The van der Waals surface area contributed by atoms with Crippen LogP contribution < -0.4 is 4.72 Å². The average Bonchev–Trinajstić information content (AvgIpc) is 3.41. The van der Waals surface area contributed by atoms with Gasteiger partial charge in [0.15, 0.2) is 0 Å². The fraction of sp³-hybridized carbons (Fsp3) is 0.154. The Hall–Kier alpha value is -3.47. The summed E-state index contributed by atoms with van der Waals surface area (Å²) in [6.45, 7) is 1.90. The first-order valence-corrected chi connectivity index (χ1v) is 13.2. The first kappa shape index (κ1) is 25.6. The quantitative estimate of drug-likeness (QED) is 0.318. The maximum atomic E-state index is 13.3. The molecule has 0 radical (unpaired) electrons. The molecule has 0 saturated heterocycles. The van der Waals surface area contributed by atoms with Crippen LogP contribution in [0.2, 0.25) is 0 Å². The maximum Gasteiger partial charge on any atom is 0.340 e. The number of hydrogen-bond donors (Lipinski definition) is 1. The third kappa shape index (κ3) is 5.51. The molecule has 3 aromatic rings. The van der Waals surface area contributed by atoms with E-state index in [9.17, 15) is 18.0 Å². The predicted molar refractivity (Wildman–Crippen MR) is 137 cm³/mol. The highest BCUT2D eigenvalue weighted by molar-refractivity contribution is 9.10. The summed E-state index contributed by atoms with van der Waals surface area (Å²) >= 11 is 3.28. The Morgan fingerprint density at radius 2 is 1.78 bits per heavy atom. The second-order valence-corrected chi connectivity index (χ2v) is 10.7. The number of nitrogens with one attached hydrogen (secondary N) is 1. The minimum Gasteiger partial charge on any atom is -0.465 e. The van der Waals surface area contributed by atoms with Crippen LogP contribution in [0.25, 0.3) is 6.08 Å². The van der Waals surface area contributed by atoms with Crippen molar-refractivity contribution >= 4 is 43.9 Å². The van der Waals surface area contributed by atoms with E-state index in [2.05, 4.69) is 20.7 Å². The molecule has 2 aromatic carbocycles. The van der Waals surface area contributed by atoms with Gasteiger partial charge in [-0.3, -0.25) is 4.79 Å². The molecule has 0 aliphatic carbocycles. The molecule has 2 heterocycles. The summed E-state index contributed by atoms with van der Waals surface area (Å²) in [5.74, 6) is -0.344. The Morgan fingerprint density at radius 1 is 1.08 bits per heavy atom. The number of ether oxygens (including phenoxy) is 1. The SMILES string of the molecule is COC(=O)C1=C(C)N(Cc2ccccc2)C(=O)/C1=C\c1ccc(CNS(=O)(=O)c2ccc(Br)cc2)o1. The van der Waals surface area contributed by atoms with Crippen LogP contribution in [-0.2, 0) is 37.4 Å². The smallest absolute Gasteiger partial charge is 0.340 e. The van der Waals surface area contributed by atoms with Crippen molar-refractivity contribution in [1.82, 2.24) is 9.62 Å². The van der Waals surface area contributed by atoms with Crippen LogP contribution in [0.1, 0.15) is 24.0 Å². The van der Waals surface area contributed by atoms with E-state index in [0.29, 0.717) is 23.8 Å². The number of methoxy groups -OCH3 is 1. The molecule has 1 N–H and O–H groups in total. The number of halogens is 1. The summed E-state index contributed by atoms with van der Waals surface area (Å²) in [5.41, 5.74) is 1.70. The van der Waals surface area contributed by atoms with Crippen LogP contribution >= 0.6 is 15.9 Å². The third-order valence-corrected chi connectivity index (χ3v) is 7.56. The van der Waals surface area contributed by atoms with Crippen molar-refractivity contribution in [3.63, 3.8) is 0 Å². The van der Waals surface area contributed by atoms with Gasteiger partial charge in [-0.15, -0.1) is 0 Å². The molecule has 1 aliphatic rings. The summed E-state index contributed by atoms with van der Waals surface area (Å²) in [6.07, 6.45) is 1.47. The number of sulfonamides is 1. The van der Waals surface area contributed by atoms with Gasteiger partial charge in [-0.05, 0) is 55.0 Å².